The molecular weight excluding hydrogens is 308 g/mol. The van der Waals surface area contributed by atoms with E-state index in [9.17, 15) is 9.59 Å². The Kier molecular flexibility index (Phi) is 3.85. The highest BCUT2D eigenvalue weighted by atomic mass is 32.1. The van der Waals surface area contributed by atoms with Crippen molar-refractivity contribution >= 4 is 45.8 Å². The van der Waals surface area contributed by atoms with Gasteiger partial charge in [0.25, 0.3) is 5.91 Å². The van der Waals surface area contributed by atoms with Crippen molar-refractivity contribution in [2.75, 3.05) is 5.32 Å². The van der Waals surface area contributed by atoms with Gasteiger partial charge in [0.05, 0.1) is 11.3 Å². The minimum Gasteiger partial charge on any atom is -0.478 e. The van der Waals surface area contributed by atoms with Crippen molar-refractivity contribution in [1.82, 2.24) is 4.98 Å². The van der Waals surface area contributed by atoms with Crippen molar-refractivity contribution in [3.05, 3.63) is 39.0 Å². The molecule has 0 unspecified atom stereocenters. The molecule has 2 aromatic heterocycles. The molecule has 2 N–H and O–H groups in total. The van der Waals surface area contributed by atoms with E-state index in [2.05, 4.69) is 10.3 Å². The van der Waals surface area contributed by atoms with Crippen LogP contribution in [0.15, 0.2) is 22.9 Å². The first kappa shape index (κ1) is 14.0. The first-order valence-electron chi connectivity index (χ1n) is 6.38. The third kappa shape index (κ3) is 3.56. The summed E-state index contributed by atoms with van der Waals surface area (Å²) in [5.41, 5.74) is 1.57. The van der Waals surface area contributed by atoms with Crippen LogP contribution in [-0.4, -0.2) is 22.0 Å². The van der Waals surface area contributed by atoms with Crippen molar-refractivity contribution in [2.24, 2.45) is 0 Å². The van der Waals surface area contributed by atoms with E-state index >= 15 is 0 Å². The number of aromatic nitrogens is 1. The Morgan fingerprint density at radius 1 is 1.33 bits per heavy atom. The van der Waals surface area contributed by atoms with Gasteiger partial charge in [-0.15, -0.1) is 22.7 Å². The van der Waals surface area contributed by atoms with Gasteiger partial charge in [-0.2, -0.15) is 0 Å². The summed E-state index contributed by atoms with van der Waals surface area (Å²) in [5, 5.41) is 15.6. The number of thiophene rings is 1. The molecule has 2 aromatic rings. The van der Waals surface area contributed by atoms with Gasteiger partial charge in [-0.25, -0.2) is 9.78 Å². The molecule has 3 rings (SSSR count). The Hall–Kier alpha value is -1.99. The zero-order chi connectivity index (χ0) is 14.8. The number of hydrogen-bond acceptors (Lipinski definition) is 5. The summed E-state index contributed by atoms with van der Waals surface area (Å²) in [5.74, 6) is -0.663. The van der Waals surface area contributed by atoms with Gasteiger partial charge in [0.15, 0.2) is 5.13 Å². The molecular formula is C14H12N2O3S2. The lowest BCUT2D eigenvalue weighted by Gasteiger charge is -1.98. The normalized spacial score (nSPS) is 14.5. The number of aliphatic carboxylic acids is 1. The predicted octanol–water partition coefficient (Wildman–Crippen LogP) is 3.43. The van der Waals surface area contributed by atoms with Crippen LogP contribution in [0.25, 0.3) is 6.08 Å². The lowest BCUT2D eigenvalue weighted by molar-refractivity contribution is -0.131. The van der Waals surface area contributed by atoms with E-state index in [-0.39, 0.29) is 5.91 Å². The van der Waals surface area contributed by atoms with Gasteiger partial charge < -0.3 is 5.11 Å². The number of rotatable bonds is 5. The van der Waals surface area contributed by atoms with Crippen LogP contribution in [0.4, 0.5) is 5.13 Å². The fourth-order valence-corrected chi connectivity index (χ4v) is 3.36. The number of carboxylic acids is 1. The number of carbonyl (C=O) groups excluding carboxylic acids is 1. The molecule has 108 valence electrons. The Balaban J connectivity index is 1.65. The molecule has 5 nitrogen and oxygen atoms in total. The van der Waals surface area contributed by atoms with Gasteiger partial charge in [-0.1, -0.05) is 0 Å². The highest BCUT2D eigenvalue weighted by Crippen LogP contribution is 2.40. The summed E-state index contributed by atoms with van der Waals surface area (Å²) in [6.45, 7) is 0. The van der Waals surface area contributed by atoms with E-state index < -0.39 is 5.97 Å². The Labute approximate surface area is 129 Å². The standard InChI is InChI=1S/C14H12N2O3S2/c17-12(18)4-3-10-5-9(6-20-10)13(19)16-14-15-11(7-21-14)8-1-2-8/h3-8H,1-2H2,(H,17,18)(H,15,16,19). The first-order valence-corrected chi connectivity index (χ1v) is 8.14. The molecule has 0 spiro atoms. The minimum absolute atomic E-state index is 0.224. The van der Waals surface area contributed by atoms with Crippen LogP contribution >= 0.6 is 22.7 Å². The fraction of sp³-hybridized carbons (Fsp3) is 0.214. The van der Waals surface area contributed by atoms with Gasteiger partial charge in [0.1, 0.15) is 0 Å². The molecule has 0 saturated heterocycles. The van der Waals surface area contributed by atoms with E-state index in [0.717, 1.165) is 16.6 Å². The number of amides is 1. The van der Waals surface area contributed by atoms with E-state index in [1.807, 2.05) is 5.38 Å². The molecule has 1 saturated carbocycles. The van der Waals surface area contributed by atoms with Gasteiger partial charge >= 0.3 is 5.97 Å². The number of nitrogens with one attached hydrogen (secondary N) is 1. The molecule has 0 atom stereocenters. The maximum absolute atomic E-state index is 12.1. The Morgan fingerprint density at radius 2 is 2.14 bits per heavy atom. The molecule has 2 heterocycles. The van der Waals surface area contributed by atoms with Crippen LogP contribution in [0.1, 0.15) is 39.7 Å². The molecule has 0 bridgehead atoms. The summed E-state index contributed by atoms with van der Waals surface area (Å²) in [6.07, 6.45) is 4.89. The maximum atomic E-state index is 12.1. The molecule has 7 heteroatoms. The number of carbonyl (C=O) groups is 2. The van der Waals surface area contributed by atoms with E-state index in [1.54, 1.807) is 11.4 Å². The zero-order valence-electron chi connectivity index (χ0n) is 10.9. The summed E-state index contributed by atoms with van der Waals surface area (Å²) in [6, 6.07) is 1.66. The number of anilines is 1. The van der Waals surface area contributed by atoms with Crippen molar-refractivity contribution in [3.8, 4) is 0 Å². The fourth-order valence-electron chi connectivity index (χ4n) is 1.79. The van der Waals surface area contributed by atoms with Gasteiger partial charge in [-0.3, -0.25) is 10.1 Å². The molecule has 1 aliphatic carbocycles. The van der Waals surface area contributed by atoms with Crippen LogP contribution in [0.2, 0.25) is 0 Å². The summed E-state index contributed by atoms with van der Waals surface area (Å²) >= 11 is 2.75. The largest absolute Gasteiger partial charge is 0.478 e. The third-order valence-corrected chi connectivity index (χ3v) is 4.68. The lowest BCUT2D eigenvalue weighted by atomic mass is 10.3. The first-order chi connectivity index (χ1) is 10.1. The monoisotopic (exact) mass is 320 g/mol. The molecule has 0 radical (unpaired) electrons. The predicted molar refractivity (Wildman–Crippen MR) is 83.0 cm³/mol. The maximum Gasteiger partial charge on any atom is 0.328 e. The smallest absolute Gasteiger partial charge is 0.328 e. The Bertz CT molecular complexity index is 713. The second-order valence-corrected chi connectivity index (χ2v) is 6.52. The van der Waals surface area contributed by atoms with Crippen molar-refractivity contribution in [2.45, 2.75) is 18.8 Å². The quantitative estimate of drug-likeness (QED) is 0.827. The van der Waals surface area contributed by atoms with E-state index in [4.69, 9.17) is 5.11 Å². The lowest BCUT2D eigenvalue weighted by Crippen LogP contribution is -2.10. The second-order valence-electron chi connectivity index (χ2n) is 4.72. The second kappa shape index (κ2) is 5.79. The van der Waals surface area contributed by atoms with Crippen LogP contribution in [0, 0.1) is 0 Å². The molecule has 21 heavy (non-hydrogen) atoms. The van der Waals surface area contributed by atoms with Crippen molar-refractivity contribution in [1.29, 1.82) is 0 Å². The summed E-state index contributed by atoms with van der Waals surface area (Å²) in [7, 11) is 0. The number of hydrogen-bond donors (Lipinski definition) is 2. The number of nitrogens with zero attached hydrogens (tertiary/aromatic N) is 1. The summed E-state index contributed by atoms with van der Waals surface area (Å²) < 4.78 is 0. The highest BCUT2D eigenvalue weighted by Gasteiger charge is 2.26. The third-order valence-electron chi connectivity index (χ3n) is 3.01. The van der Waals surface area contributed by atoms with Crippen LogP contribution in [-0.2, 0) is 4.79 Å². The van der Waals surface area contributed by atoms with Gasteiger partial charge in [0.2, 0.25) is 0 Å². The minimum atomic E-state index is -1.01. The SMILES string of the molecule is O=C(O)C=Cc1cc(C(=O)Nc2nc(C3CC3)cs2)cs1. The molecule has 1 aliphatic rings. The Morgan fingerprint density at radius 3 is 2.86 bits per heavy atom. The van der Waals surface area contributed by atoms with Crippen LogP contribution < -0.4 is 5.32 Å². The average Bonchev–Trinajstić information content (AvgIpc) is 3.01. The number of thiazole rings is 1. The average molecular weight is 320 g/mol. The highest BCUT2D eigenvalue weighted by molar-refractivity contribution is 7.14. The molecule has 1 amide bonds. The van der Waals surface area contributed by atoms with E-state index in [0.29, 0.717) is 16.6 Å². The molecule has 0 aliphatic heterocycles. The molecule has 1 fully saturated rings. The number of carboxylic acid groups (broad SMARTS) is 1. The van der Waals surface area contributed by atoms with Gasteiger partial charge in [0, 0.05) is 27.6 Å². The van der Waals surface area contributed by atoms with Crippen molar-refractivity contribution < 1.29 is 14.7 Å². The topological polar surface area (TPSA) is 79.3 Å². The zero-order valence-corrected chi connectivity index (χ0v) is 12.5. The van der Waals surface area contributed by atoms with E-state index in [1.165, 1.54) is 41.6 Å². The molecule has 0 aromatic carbocycles. The van der Waals surface area contributed by atoms with Gasteiger partial charge in [-0.05, 0) is 25.0 Å². The van der Waals surface area contributed by atoms with Crippen molar-refractivity contribution in [3.63, 3.8) is 0 Å². The van der Waals surface area contributed by atoms with Crippen LogP contribution in [0.5, 0.6) is 0 Å². The summed E-state index contributed by atoms with van der Waals surface area (Å²) in [4.78, 5) is 27.7. The van der Waals surface area contributed by atoms with Crippen LogP contribution in [0.3, 0.4) is 0 Å².